The van der Waals surface area contributed by atoms with Crippen molar-refractivity contribution >= 4 is 29.1 Å². The van der Waals surface area contributed by atoms with Crippen molar-refractivity contribution in [1.82, 2.24) is 4.98 Å². The van der Waals surface area contributed by atoms with E-state index in [1.807, 2.05) is 5.38 Å². The van der Waals surface area contributed by atoms with Crippen LogP contribution >= 0.6 is 23.1 Å². The number of nitrogens with zero attached hydrogens (tertiary/aromatic N) is 1. The highest BCUT2D eigenvalue weighted by molar-refractivity contribution is 8.00. The van der Waals surface area contributed by atoms with Crippen molar-refractivity contribution in [2.24, 2.45) is 0 Å². The number of thioether (sulfide) groups is 1. The van der Waals surface area contributed by atoms with E-state index in [0.29, 0.717) is 12.4 Å². The normalized spacial score (nSPS) is 10.3. The second kappa shape index (κ2) is 7.16. The first-order valence-corrected chi connectivity index (χ1v) is 7.61. The van der Waals surface area contributed by atoms with Gasteiger partial charge in [0.2, 0.25) is 0 Å². The number of hydrogen-bond donors (Lipinski definition) is 1. The molecule has 0 radical (unpaired) electrons. The van der Waals surface area contributed by atoms with Crippen molar-refractivity contribution < 1.29 is 14.6 Å². The Morgan fingerprint density at radius 3 is 3.00 bits per heavy atom. The molecule has 0 unspecified atom stereocenters. The van der Waals surface area contributed by atoms with Crippen LogP contribution in [0, 0.1) is 0 Å². The van der Waals surface area contributed by atoms with Gasteiger partial charge in [0.1, 0.15) is 15.7 Å². The Balaban J connectivity index is 1.75. The Labute approximate surface area is 119 Å². The van der Waals surface area contributed by atoms with Crippen molar-refractivity contribution in [2.45, 2.75) is 10.8 Å². The molecule has 0 aliphatic heterocycles. The third-order valence-electron chi connectivity index (χ3n) is 2.30. The number of thiazole rings is 1. The molecule has 0 atom stereocenters. The number of carboxylic acids is 1. The molecule has 100 valence electrons. The number of ether oxygens (including phenoxy) is 1. The van der Waals surface area contributed by atoms with Gasteiger partial charge in [-0.15, -0.1) is 11.3 Å². The molecule has 1 heterocycles. The van der Waals surface area contributed by atoms with Crippen LogP contribution in [0.3, 0.4) is 0 Å². The Kier molecular flexibility index (Phi) is 5.23. The monoisotopic (exact) mass is 295 g/mol. The summed E-state index contributed by atoms with van der Waals surface area (Å²) in [5.74, 6) is 0.366. The number of carbonyl (C=O) groups is 1. The first kappa shape index (κ1) is 13.9. The number of hydrogen-bond acceptors (Lipinski definition) is 5. The van der Waals surface area contributed by atoms with Crippen molar-refractivity contribution in [2.75, 3.05) is 12.4 Å². The summed E-state index contributed by atoms with van der Waals surface area (Å²) in [4.78, 5) is 15.1. The maximum atomic E-state index is 11.0. The highest BCUT2D eigenvalue weighted by atomic mass is 32.2. The minimum atomic E-state index is -0.965. The summed E-state index contributed by atoms with van der Waals surface area (Å²) < 4.78 is 6.55. The lowest BCUT2D eigenvalue weighted by atomic mass is 10.2. The predicted octanol–water partition coefficient (Wildman–Crippen LogP) is 3.40. The third kappa shape index (κ3) is 4.25. The molecule has 2 rings (SSSR count). The fraction of sp³-hybridized carbons (Fsp3) is 0.231. The predicted molar refractivity (Wildman–Crippen MR) is 76.4 cm³/mol. The number of para-hydroxylation sites is 1. The largest absolute Gasteiger partial charge is 0.493 e. The lowest BCUT2D eigenvalue weighted by molar-refractivity contribution is 0.0692. The molecule has 1 N–H and O–H groups in total. The van der Waals surface area contributed by atoms with Gasteiger partial charge in [0.25, 0.3) is 0 Å². The summed E-state index contributed by atoms with van der Waals surface area (Å²) in [6.45, 7) is 0.503. The first-order valence-electron chi connectivity index (χ1n) is 5.75. The molecule has 0 aliphatic rings. The van der Waals surface area contributed by atoms with E-state index in [4.69, 9.17) is 9.84 Å². The highest BCUT2D eigenvalue weighted by Gasteiger charge is 2.09. The molecular weight excluding hydrogens is 282 g/mol. The average Bonchev–Trinajstić information content (AvgIpc) is 2.92. The van der Waals surface area contributed by atoms with Gasteiger partial charge in [-0.1, -0.05) is 23.9 Å². The summed E-state index contributed by atoms with van der Waals surface area (Å²) in [5.41, 5.74) is 0.204. The Hall–Kier alpha value is -1.53. The Morgan fingerprint density at radius 1 is 1.42 bits per heavy atom. The van der Waals surface area contributed by atoms with Gasteiger partial charge < -0.3 is 9.84 Å². The summed E-state index contributed by atoms with van der Waals surface area (Å²) in [7, 11) is 0. The van der Waals surface area contributed by atoms with E-state index in [9.17, 15) is 4.79 Å². The lowest BCUT2D eigenvalue weighted by Crippen LogP contribution is -2.04. The molecule has 19 heavy (non-hydrogen) atoms. The van der Waals surface area contributed by atoms with Gasteiger partial charge in [-0.2, -0.15) is 0 Å². The number of benzene rings is 1. The van der Waals surface area contributed by atoms with Crippen LogP contribution in [0.2, 0.25) is 0 Å². The number of rotatable bonds is 7. The molecule has 6 heteroatoms. The summed E-state index contributed by atoms with van der Waals surface area (Å²) in [6.07, 6.45) is 2.63. The second-order valence-electron chi connectivity index (χ2n) is 3.65. The highest BCUT2D eigenvalue weighted by Crippen LogP contribution is 2.21. The smallest absolute Gasteiger partial charge is 0.339 e. The average molecular weight is 295 g/mol. The number of aromatic carboxylic acids is 1. The molecule has 0 amide bonds. The fourth-order valence-corrected chi connectivity index (χ4v) is 3.07. The van der Waals surface area contributed by atoms with Crippen molar-refractivity contribution in [1.29, 1.82) is 0 Å². The van der Waals surface area contributed by atoms with Crippen LogP contribution in [0.4, 0.5) is 0 Å². The first-order chi connectivity index (χ1) is 9.27. The molecule has 1 aromatic carbocycles. The molecular formula is C13H13NO3S2. The molecule has 2 aromatic rings. The zero-order valence-corrected chi connectivity index (χ0v) is 11.7. The standard InChI is InChI=1S/C13H13NO3S2/c15-12(16)10-4-1-2-5-11(10)17-7-3-8-18-13-14-6-9-19-13/h1-2,4-6,9H,3,7-8H2,(H,15,16). The summed E-state index contributed by atoms with van der Waals surface area (Å²) in [5, 5.41) is 10.9. The molecule has 0 spiro atoms. The topological polar surface area (TPSA) is 59.4 Å². The van der Waals surface area contributed by atoms with Gasteiger partial charge in [-0.25, -0.2) is 9.78 Å². The number of carboxylic acid groups (broad SMARTS) is 1. The maximum Gasteiger partial charge on any atom is 0.339 e. The van der Waals surface area contributed by atoms with Crippen molar-refractivity contribution in [3.05, 3.63) is 41.4 Å². The van der Waals surface area contributed by atoms with E-state index >= 15 is 0 Å². The second-order valence-corrected chi connectivity index (χ2v) is 5.89. The van der Waals surface area contributed by atoms with Gasteiger partial charge >= 0.3 is 5.97 Å². The molecule has 0 saturated heterocycles. The summed E-state index contributed by atoms with van der Waals surface area (Å²) in [6, 6.07) is 6.68. The van der Waals surface area contributed by atoms with Crippen LogP contribution in [0.15, 0.2) is 40.2 Å². The number of aromatic nitrogens is 1. The van der Waals surface area contributed by atoms with Crippen LogP contribution in [0.25, 0.3) is 0 Å². The minimum Gasteiger partial charge on any atom is -0.493 e. The quantitative estimate of drug-likeness (QED) is 0.626. The minimum absolute atomic E-state index is 0.204. The van der Waals surface area contributed by atoms with E-state index < -0.39 is 5.97 Å². The van der Waals surface area contributed by atoms with Crippen molar-refractivity contribution in [3.8, 4) is 5.75 Å². The lowest BCUT2D eigenvalue weighted by Gasteiger charge is -2.08. The molecule has 0 aliphatic carbocycles. The maximum absolute atomic E-state index is 11.0. The summed E-state index contributed by atoms with van der Waals surface area (Å²) >= 11 is 3.30. The van der Waals surface area contributed by atoms with E-state index in [0.717, 1.165) is 16.5 Å². The van der Waals surface area contributed by atoms with E-state index in [-0.39, 0.29) is 5.56 Å². The van der Waals surface area contributed by atoms with Crippen LogP contribution in [-0.2, 0) is 0 Å². The van der Waals surface area contributed by atoms with E-state index in [1.54, 1.807) is 53.6 Å². The zero-order valence-electron chi connectivity index (χ0n) is 10.1. The Morgan fingerprint density at radius 2 is 2.26 bits per heavy atom. The van der Waals surface area contributed by atoms with Gasteiger partial charge in [-0.05, 0) is 18.6 Å². The van der Waals surface area contributed by atoms with Gasteiger partial charge in [0.15, 0.2) is 0 Å². The molecule has 0 bridgehead atoms. The van der Waals surface area contributed by atoms with E-state index in [1.165, 1.54) is 0 Å². The van der Waals surface area contributed by atoms with Crippen molar-refractivity contribution in [3.63, 3.8) is 0 Å². The van der Waals surface area contributed by atoms with Gasteiger partial charge in [0, 0.05) is 17.3 Å². The van der Waals surface area contributed by atoms with Crippen LogP contribution in [0.5, 0.6) is 5.75 Å². The molecule has 4 nitrogen and oxygen atoms in total. The van der Waals surface area contributed by atoms with Gasteiger partial charge in [-0.3, -0.25) is 0 Å². The van der Waals surface area contributed by atoms with E-state index in [2.05, 4.69) is 4.98 Å². The molecule has 1 aromatic heterocycles. The Bertz CT molecular complexity index is 528. The third-order valence-corrected chi connectivity index (χ3v) is 4.35. The van der Waals surface area contributed by atoms with Gasteiger partial charge in [0.05, 0.1) is 6.61 Å². The molecule has 0 fully saturated rings. The fourth-order valence-electron chi connectivity index (χ4n) is 1.45. The van der Waals surface area contributed by atoms with Crippen LogP contribution in [-0.4, -0.2) is 28.4 Å². The SMILES string of the molecule is O=C(O)c1ccccc1OCCCSc1nccs1. The van der Waals surface area contributed by atoms with Crippen LogP contribution < -0.4 is 4.74 Å². The zero-order chi connectivity index (χ0) is 13.5. The molecule has 0 saturated carbocycles. The van der Waals surface area contributed by atoms with Crippen LogP contribution in [0.1, 0.15) is 16.8 Å².